The first-order chi connectivity index (χ1) is 37.3. The zero-order chi connectivity index (χ0) is 56.2. The Morgan fingerprint density at radius 3 is 1.56 bits per heavy atom. The number of Topliss-reactive ketones (excluding diaryl/α,β-unsaturated/α-hetero) is 1. The number of sulfonamides is 1. The van der Waals surface area contributed by atoms with Gasteiger partial charge in [-0.1, -0.05) is 70.7 Å². The molecule has 1 amide bonds. The molecule has 2 aliphatic heterocycles. The largest absolute Gasteiger partial charge is 0.382 e. The molecule has 4 N–H and O–H groups in total. The van der Waals surface area contributed by atoms with Crippen molar-refractivity contribution in [3.05, 3.63) is 126 Å². The maximum Gasteiger partial charge on any atom is 0.252 e. The van der Waals surface area contributed by atoms with Crippen molar-refractivity contribution in [2.45, 2.75) is 66.2 Å². The number of hydrogen-bond acceptors (Lipinski definition) is 16. The van der Waals surface area contributed by atoms with Gasteiger partial charge in [-0.25, -0.2) is 21.6 Å². The van der Waals surface area contributed by atoms with Gasteiger partial charge in [0.2, 0.25) is 10.0 Å². The molecule has 2 aliphatic rings. The molecule has 78 heavy (non-hydrogen) atoms. The number of amides is 1. The van der Waals surface area contributed by atoms with Crippen molar-refractivity contribution < 1.29 is 65.1 Å². The Balaban J connectivity index is 0.717. The number of ether oxygens (including phenoxy) is 6. The molecule has 4 aromatic rings. The van der Waals surface area contributed by atoms with E-state index in [-0.39, 0.29) is 133 Å². The first-order valence-electron chi connectivity index (χ1n) is 25.7. The highest BCUT2D eigenvalue weighted by Crippen LogP contribution is 2.40. The number of rotatable bonds is 34. The summed E-state index contributed by atoms with van der Waals surface area (Å²) in [4.78, 5) is 29.4. The molecular weight excluding hydrogens is 1130 g/mol. The molecule has 2 heterocycles. The van der Waals surface area contributed by atoms with E-state index in [2.05, 4.69) is 19.8 Å². The predicted molar refractivity (Wildman–Crippen MR) is 298 cm³/mol. The fourth-order valence-electron chi connectivity index (χ4n) is 9.14. The van der Waals surface area contributed by atoms with Crippen LogP contribution in [0.15, 0.2) is 82.6 Å². The van der Waals surface area contributed by atoms with Gasteiger partial charge in [-0.05, 0) is 109 Å². The van der Waals surface area contributed by atoms with Gasteiger partial charge in [0.25, 0.3) is 5.91 Å². The predicted octanol–water partition coefficient (Wildman–Crippen LogP) is 5.88. The molecule has 18 nitrogen and oxygen atoms in total. The minimum atomic E-state index is -3.82. The smallest absolute Gasteiger partial charge is 0.252 e. The number of likely N-dealkylation sites (N-methyl/N-ethyl adjacent to an activating group) is 2. The fourth-order valence-corrected chi connectivity index (χ4v) is 12.7. The van der Waals surface area contributed by atoms with Crippen molar-refractivity contribution in [2.75, 3.05) is 125 Å². The molecule has 6 rings (SSSR count). The van der Waals surface area contributed by atoms with Crippen LogP contribution >= 0.6 is 46.4 Å². The Labute approximate surface area is 477 Å². The molecule has 430 valence electrons. The van der Waals surface area contributed by atoms with Gasteiger partial charge in [-0.2, -0.15) is 0 Å². The van der Waals surface area contributed by atoms with E-state index >= 15 is 0 Å². The van der Waals surface area contributed by atoms with Crippen LogP contribution in [0.5, 0.6) is 0 Å². The zero-order valence-corrected chi connectivity index (χ0v) is 48.5. The van der Waals surface area contributed by atoms with E-state index < -0.39 is 43.8 Å². The lowest BCUT2D eigenvalue weighted by molar-refractivity contribution is -0.145. The second kappa shape index (κ2) is 31.7. The van der Waals surface area contributed by atoms with E-state index in [1.165, 1.54) is 0 Å². The van der Waals surface area contributed by atoms with Gasteiger partial charge >= 0.3 is 0 Å². The van der Waals surface area contributed by atoms with Crippen LogP contribution in [-0.2, 0) is 71.0 Å². The van der Waals surface area contributed by atoms with E-state index in [0.717, 1.165) is 33.4 Å². The van der Waals surface area contributed by atoms with Crippen LogP contribution in [0.3, 0.4) is 0 Å². The van der Waals surface area contributed by atoms with E-state index in [4.69, 9.17) is 74.8 Å². The molecule has 0 bridgehead atoms. The molecule has 0 fully saturated rings. The summed E-state index contributed by atoms with van der Waals surface area (Å²) in [5.41, 5.74) is 5.67. The summed E-state index contributed by atoms with van der Waals surface area (Å²) in [5.74, 6) is -1.90. The van der Waals surface area contributed by atoms with Crippen LogP contribution in [0, 0.1) is 0 Å². The Morgan fingerprint density at radius 1 is 0.590 bits per heavy atom. The molecule has 0 radical (unpaired) electrons. The minimum Gasteiger partial charge on any atom is -0.382 e. The quantitative estimate of drug-likeness (QED) is 0.0400. The summed E-state index contributed by atoms with van der Waals surface area (Å²) in [6.07, 6.45) is -3.43. The number of carbonyl (C=O) groups excluding carboxylic acids is 2. The van der Waals surface area contributed by atoms with Gasteiger partial charge in [0.05, 0.1) is 81.6 Å². The summed E-state index contributed by atoms with van der Waals surface area (Å²) in [6.45, 7) is 5.32. The molecule has 0 spiro atoms. The van der Waals surface area contributed by atoms with Crippen LogP contribution in [0.4, 0.5) is 0 Å². The molecule has 0 unspecified atom stereocenters. The maximum absolute atomic E-state index is 13.3. The SMILES string of the molecule is CN1Cc2c(Cl)cc(Cl)cc2[C@H](c2cccc(S(=O)(=O)CCCOCCOCCOCCCC(=O)[C@@H](O)[C@H](O)C(=O)NCCOCCOCCOCCNS(=O)(=O)c3cccc([C@@H]4CN(C)Cc5c(Cl)cc(Cl)cc54)c3)c2)C1. The van der Waals surface area contributed by atoms with E-state index in [1.807, 2.05) is 38.4 Å². The molecule has 0 saturated carbocycles. The number of hydrogen-bond donors (Lipinski definition) is 4. The van der Waals surface area contributed by atoms with E-state index in [9.17, 15) is 36.6 Å². The second-order valence-corrected chi connectivity index (χ2v) is 24.6. The Hall–Kier alpha value is -3.36. The van der Waals surface area contributed by atoms with Crippen molar-refractivity contribution >= 4 is 78.0 Å². The van der Waals surface area contributed by atoms with Crippen LogP contribution < -0.4 is 10.0 Å². The number of halogens is 4. The van der Waals surface area contributed by atoms with Crippen LogP contribution in [-0.4, -0.2) is 186 Å². The lowest BCUT2D eigenvalue weighted by Crippen LogP contribution is -2.46. The number of ketones is 1. The lowest BCUT2D eigenvalue weighted by Gasteiger charge is -2.33. The Bertz CT molecular complexity index is 2650. The van der Waals surface area contributed by atoms with Crippen molar-refractivity contribution in [1.29, 1.82) is 0 Å². The molecule has 0 aromatic heterocycles. The van der Waals surface area contributed by atoms with Crippen LogP contribution in [0.25, 0.3) is 0 Å². The third kappa shape index (κ3) is 19.4. The second-order valence-electron chi connectivity index (χ2n) is 19.0. The summed E-state index contributed by atoms with van der Waals surface area (Å²) in [6, 6.07) is 21.1. The highest BCUT2D eigenvalue weighted by Gasteiger charge is 2.31. The van der Waals surface area contributed by atoms with Crippen molar-refractivity contribution in [2.24, 2.45) is 0 Å². The fraction of sp³-hybridized carbons (Fsp3) is 0.519. The number of carbonyl (C=O) groups is 2. The number of nitrogens with zero attached hydrogens (tertiary/aromatic N) is 2. The third-order valence-corrected chi connectivity index (χ3v) is 17.4. The summed E-state index contributed by atoms with van der Waals surface area (Å²) >= 11 is 25.7. The summed E-state index contributed by atoms with van der Waals surface area (Å²) < 4.78 is 88.3. The van der Waals surface area contributed by atoms with Gasteiger partial charge in [0, 0.05) is 90.8 Å². The standard InChI is InChI=1S/C54H70Cl4N4O14S2/c1-61-33-45(43-29-39(55)31-49(57)47(43)35-61)37-7-3-9-41(27-37)77(67,68)26-6-15-72-19-23-75-22-18-71-14-5-11-51(63)52(64)53(65)54(66)59-12-16-73-20-24-76-25-21-74-17-13-60-78(69,70)42-10-4-8-38(28-42)46-34-62(2)36-48-44(46)30-40(56)32-50(48)58/h3-4,7-10,27-32,45-46,52-53,60,64-65H,5-6,11-26,33-36H2,1-2H3,(H,59,66)/t45-,46-,52+,53-/m0/s1. The van der Waals surface area contributed by atoms with Gasteiger partial charge in [-0.15, -0.1) is 0 Å². The normalized spacial score (nSPS) is 16.9. The molecular formula is C54H70Cl4N4O14S2. The van der Waals surface area contributed by atoms with Crippen molar-refractivity contribution in [3.63, 3.8) is 0 Å². The first kappa shape index (κ1) is 63.8. The van der Waals surface area contributed by atoms with Crippen molar-refractivity contribution in [3.8, 4) is 0 Å². The van der Waals surface area contributed by atoms with E-state index in [0.29, 0.717) is 52.7 Å². The zero-order valence-electron chi connectivity index (χ0n) is 43.8. The number of fused-ring (bicyclic) bond motifs is 2. The van der Waals surface area contributed by atoms with Gasteiger partial charge in [0.15, 0.2) is 21.7 Å². The molecule has 4 aromatic carbocycles. The van der Waals surface area contributed by atoms with Crippen molar-refractivity contribution in [1.82, 2.24) is 19.8 Å². The van der Waals surface area contributed by atoms with Gasteiger partial charge in [-0.3, -0.25) is 9.59 Å². The average Bonchev–Trinajstić information content (AvgIpc) is 3.50. The van der Waals surface area contributed by atoms with Crippen LogP contribution in [0.1, 0.15) is 64.5 Å². The highest BCUT2D eigenvalue weighted by atomic mass is 35.5. The Morgan fingerprint density at radius 2 is 1.04 bits per heavy atom. The highest BCUT2D eigenvalue weighted by molar-refractivity contribution is 7.91. The molecule has 0 aliphatic carbocycles. The third-order valence-electron chi connectivity index (χ3n) is 13.1. The maximum atomic E-state index is 13.3. The number of benzene rings is 4. The number of nitrogens with one attached hydrogen (secondary N) is 2. The number of sulfone groups is 1. The number of aliphatic hydroxyl groups excluding tert-OH is 2. The number of aliphatic hydroxyl groups is 2. The van der Waals surface area contributed by atoms with Crippen LogP contribution in [0.2, 0.25) is 20.1 Å². The molecule has 24 heteroatoms. The summed E-state index contributed by atoms with van der Waals surface area (Å²) in [7, 11) is -3.39. The summed E-state index contributed by atoms with van der Waals surface area (Å²) in [5, 5.41) is 25.1. The molecule has 4 atom stereocenters. The lowest BCUT2D eigenvalue weighted by atomic mass is 9.85. The first-order valence-corrected chi connectivity index (χ1v) is 30.4. The average molecular weight is 1210 g/mol. The Kier molecular flexibility index (Phi) is 26.0. The van der Waals surface area contributed by atoms with Gasteiger partial charge in [0.1, 0.15) is 6.10 Å². The monoisotopic (exact) mass is 1200 g/mol. The minimum absolute atomic E-state index is 0.0151. The topological polar surface area (TPSA) is 229 Å². The molecule has 0 saturated heterocycles. The van der Waals surface area contributed by atoms with E-state index in [1.54, 1.807) is 48.5 Å². The van der Waals surface area contributed by atoms with Gasteiger partial charge < -0.3 is 53.8 Å².